The van der Waals surface area contributed by atoms with Crippen molar-refractivity contribution in [1.82, 2.24) is 0 Å². The molecule has 0 unspecified atom stereocenters. The number of hydrogen-bond donors (Lipinski definition) is 2. The third kappa shape index (κ3) is 4.35. The molecule has 2 aromatic carbocycles. The molecule has 0 saturated heterocycles. The fourth-order valence-corrected chi connectivity index (χ4v) is 2.09. The van der Waals surface area contributed by atoms with E-state index in [4.69, 9.17) is 0 Å². The number of benzene rings is 2. The maximum atomic E-state index is 12.0. The van der Waals surface area contributed by atoms with Crippen molar-refractivity contribution in [2.75, 3.05) is 17.2 Å². The molecule has 0 radical (unpaired) electrons. The highest BCUT2D eigenvalue weighted by atomic mass is 16.1. The second kappa shape index (κ2) is 6.93. The minimum Gasteiger partial charge on any atom is -0.385 e. The first-order chi connectivity index (χ1) is 10.1. The Bertz CT molecular complexity index is 618. The second-order valence-corrected chi connectivity index (χ2v) is 5.34. The SMILES string of the molecule is Cc1ccc(NCCC(=O)Nc2cccc(C)c2C)cc1. The Hall–Kier alpha value is -2.29. The van der Waals surface area contributed by atoms with E-state index in [-0.39, 0.29) is 5.91 Å². The Labute approximate surface area is 126 Å². The first kappa shape index (κ1) is 15.1. The van der Waals surface area contributed by atoms with E-state index in [0.29, 0.717) is 13.0 Å². The van der Waals surface area contributed by atoms with Gasteiger partial charge in [-0.05, 0) is 50.1 Å². The zero-order valence-corrected chi connectivity index (χ0v) is 12.9. The maximum Gasteiger partial charge on any atom is 0.226 e. The van der Waals surface area contributed by atoms with Gasteiger partial charge in [-0.2, -0.15) is 0 Å². The normalized spacial score (nSPS) is 10.2. The summed E-state index contributed by atoms with van der Waals surface area (Å²) in [5.74, 6) is 0.0308. The summed E-state index contributed by atoms with van der Waals surface area (Å²) in [6, 6.07) is 14.1. The zero-order chi connectivity index (χ0) is 15.2. The van der Waals surface area contributed by atoms with E-state index < -0.39 is 0 Å². The molecule has 2 aromatic rings. The lowest BCUT2D eigenvalue weighted by Gasteiger charge is -2.11. The van der Waals surface area contributed by atoms with E-state index >= 15 is 0 Å². The van der Waals surface area contributed by atoms with E-state index in [0.717, 1.165) is 16.9 Å². The number of amides is 1. The van der Waals surface area contributed by atoms with Gasteiger partial charge in [-0.25, -0.2) is 0 Å². The summed E-state index contributed by atoms with van der Waals surface area (Å²) in [4.78, 5) is 12.0. The molecule has 21 heavy (non-hydrogen) atoms. The van der Waals surface area contributed by atoms with Crippen molar-refractivity contribution in [1.29, 1.82) is 0 Å². The van der Waals surface area contributed by atoms with Gasteiger partial charge >= 0.3 is 0 Å². The highest BCUT2D eigenvalue weighted by molar-refractivity contribution is 5.91. The molecule has 0 aliphatic heterocycles. The molecule has 0 bridgehead atoms. The molecule has 0 heterocycles. The van der Waals surface area contributed by atoms with Gasteiger partial charge in [0.1, 0.15) is 0 Å². The van der Waals surface area contributed by atoms with Crippen LogP contribution < -0.4 is 10.6 Å². The lowest BCUT2D eigenvalue weighted by Crippen LogP contribution is -2.17. The molecular weight excluding hydrogens is 260 g/mol. The number of aryl methyl sites for hydroxylation is 2. The summed E-state index contributed by atoms with van der Waals surface area (Å²) in [6.07, 6.45) is 0.446. The van der Waals surface area contributed by atoms with Crippen LogP contribution in [0.15, 0.2) is 42.5 Å². The van der Waals surface area contributed by atoms with Crippen molar-refractivity contribution in [2.24, 2.45) is 0 Å². The number of carbonyl (C=O) groups is 1. The molecule has 0 atom stereocenters. The summed E-state index contributed by atoms with van der Waals surface area (Å²) < 4.78 is 0. The molecule has 3 nitrogen and oxygen atoms in total. The maximum absolute atomic E-state index is 12.0. The van der Waals surface area contributed by atoms with Gasteiger partial charge in [-0.15, -0.1) is 0 Å². The molecule has 1 amide bonds. The van der Waals surface area contributed by atoms with Gasteiger partial charge in [0.2, 0.25) is 5.91 Å². The quantitative estimate of drug-likeness (QED) is 0.868. The van der Waals surface area contributed by atoms with Crippen LogP contribution in [0.4, 0.5) is 11.4 Å². The third-order valence-electron chi connectivity index (χ3n) is 3.61. The second-order valence-electron chi connectivity index (χ2n) is 5.34. The zero-order valence-electron chi connectivity index (χ0n) is 12.9. The van der Waals surface area contributed by atoms with Crippen LogP contribution in [0.5, 0.6) is 0 Å². The summed E-state index contributed by atoms with van der Waals surface area (Å²) in [5.41, 5.74) is 5.48. The van der Waals surface area contributed by atoms with E-state index in [9.17, 15) is 4.79 Å². The largest absolute Gasteiger partial charge is 0.385 e. The van der Waals surface area contributed by atoms with Crippen LogP contribution >= 0.6 is 0 Å². The van der Waals surface area contributed by atoms with E-state index in [1.807, 2.05) is 44.2 Å². The lowest BCUT2D eigenvalue weighted by molar-refractivity contribution is -0.115. The van der Waals surface area contributed by atoms with Crippen LogP contribution in [0.25, 0.3) is 0 Å². The van der Waals surface area contributed by atoms with Crippen LogP contribution in [0.3, 0.4) is 0 Å². The highest BCUT2D eigenvalue weighted by Crippen LogP contribution is 2.18. The van der Waals surface area contributed by atoms with Crippen LogP contribution in [-0.4, -0.2) is 12.5 Å². The highest BCUT2D eigenvalue weighted by Gasteiger charge is 2.05. The fourth-order valence-electron chi connectivity index (χ4n) is 2.09. The predicted octanol–water partition coefficient (Wildman–Crippen LogP) is 4.05. The summed E-state index contributed by atoms with van der Waals surface area (Å²) in [6.45, 7) is 6.75. The van der Waals surface area contributed by atoms with Gasteiger partial charge in [0, 0.05) is 24.3 Å². The average Bonchev–Trinajstić information content (AvgIpc) is 2.46. The molecule has 0 spiro atoms. The number of hydrogen-bond acceptors (Lipinski definition) is 2. The summed E-state index contributed by atoms with van der Waals surface area (Å²) in [7, 11) is 0. The Kier molecular flexibility index (Phi) is 4.99. The Morgan fingerprint density at radius 3 is 2.43 bits per heavy atom. The fraction of sp³-hybridized carbons (Fsp3) is 0.278. The van der Waals surface area contributed by atoms with Gasteiger partial charge < -0.3 is 10.6 Å². The number of anilines is 2. The van der Waals surface area contributed by atoms with Crippen molar-refractivity contribution in [3.8, 4) is 0 Å². The monoisotopic (exact) mass is 282 g/mol. The summed E-state index contributed by atoms with van der Waals surface area (Å²) in [5, 5.41) is 6.22. The number of rotatable bonds is 5. The molecule has 0 fully saturated rings. The Morgan fingerprint density at radius 1 is 1.00 bits per heavy atom. The average molecular weight is 282 g/mol. The van der Waals surface area contributed by atoms with Crippen LogP contribution in [0, 0.1) is 20.8 Å². The topological polar surface area (TPSA) is 41.1 Å². The third-order valence-corrected chi connectivity index (χ3v) is 3.61. The van der Waals surface area contributed by atoms with E-state index in [1.165, 1.54) is 11.1 Å². The molecule has 0 aliphatic rings. The molecule has 3 heteroatoms. The molecule has 2 N–H and O–H groups in total. The number of nitrogens with one attached hydrogen (secondary N) is 2. The van der Waals surface area contributed by atoms with Gasteiger partial charge in [0.25, 0.3) is 0 Å². The lowest BCUT2D eigenvalue weighted by atomic mass is 10.1. The first-order valence-electron chi connectivity index (χ1n) is 7.23. The molecule has 0 aliphatic carbocycles. The van der Waals surface area contributed by atoms with Crippen molar-refractivity contribution < 1.29 is 4.79 Å². The minimum absolute atomic E-state index is 0.0308. The van der Waals surface area contributed by atoms with Crippen molar-refractivity contribution in [3.63, 3.8) is 0 Å². The van der Waals surface area contributed by atoms with Crippen LogP contribution in [0.1, 0.15) is 23.1 Å². The van der Waals surface area contributed by atoms with Crippen molar-refractivity contribution in [3.05, 3.63) is 59.2 Å². The standard InChI is InChI=1S/C18H22N2O/c1-13-7-9-16(10-8-13)19-12-11-18(21)20-17-6-4-5-14(2)15(17)3/h4-10,19H,11-12H2,1-3H3,(H,20,21). The van der Waals surface area contributed by atoms with Crippen molar-refractivity contribution in [2.45, 2.75) is 27.2 Å². The smallest absolute Gasteiger partial charge is 0.226 e. The minimum atomic E-state index is 0.0308. The Morgan fingerprint density at radius 2 is 1.71 bits per heavy atom. The molecule has 2 rings (SSSR count). The number of carbonyl (C=O) groups excluding carboxylic acids is 1. The molecular formula is C18H22N2O. The van der Waals surface area contributed by atoms with E-state index in [2.05, 4.69) is 29.7 Å². The van der Waals surface area contributed by atoms with Crippen LogP contribution in [-0.2, 0) is 4.79 Å². The van der Waals surface area contributed by atoms with Gasteiger partial charge in [-0.1, -0.05) is 29.8 Å². The Balaban J connectivity index is 1.82. The predicted molar refractivity (Wildman–Crippen MR) is 88.8 cm³/mol. The van der Waals surface area contributed by atoms with Gasteiger partial charge in [0.05, 0.1) is 0 Å². The van der Waals surface area contributed by atoms with Gasteiger partial charge in [0.15, 0.2) is 0 Å². The molecule has 0 aromatic heterocycles. The van der Waals surface area contributed by atoms with Crippen LogP contribution in [0.2, 0.25) is 0 Å². The van der Waals surface area contributed by atoms with E-state index in [1.54, 1.807) is 0 Å². The molecule has 0 saturated carbocycles. The van der Waals surface area contributed by atoms with Crippen molar-refractivity contribution >= 4 is 17.3 Å². The molecule has 110 valence electrons. The summed E-state index contributed by atoms with van der Waals surface area (Å²) >= 11 is 0. The first-order valence-corrected chi connectivity index (χ1v) is 7.23. The van der Waals surface area contributed by atoms with Gasteiger partial charge in [-0.3, -0.25) is 4.79 Å².